The van der Waals surface area contributed by atoms with Crippen LogP contribution in [0.15, 0.2) is 29.4 Å². The molecule has 6 heteroatoms. The third-order valence-electron chi connectivity index (χ3n) is 4.00. The van der Waals surface area contributed by atoms with Gasteiger partial charge in [0.1, 0.15) is 0 Å². The molecule has 114 valence electrons. The number of aryl methyl sites for hydroxylation is 1. The van der Waals surface area contributed by atoms with Gasteiger partial charge in [-0.05, 0) is 36.2 Å². The number of carbonyl (C=O) groups is 1. The van der Waals surface area contributed by atoms with E-state index in [2.05, 4.69) is 14.5 Å². The molecule has 0 atom stereocenters. The van der Waals surface area contributed by atoms with Crippen molar-refractivity contribution in [2.45, 2.75) is 26.8 Å². The SMILES string of the molecule is Cc1c(C(N)=O)c(-c2ccsc2)c(C)n1CCc1cnc[nH]1. The maximum absolute atomic E-state index is 11.9. The average molecular weight is 314 g/mol. The molecule has 0 bridgehead atoms. The second-order valence-electron chi connectivity index (χ2n) is 5.28. The fourth-order valence-electron chi connectivity index (χ4n) is 2.93. The summed E-state index contributed by atoms with van der Waals surface area (Å²) in [4.78, 5) is 19.1. The Hall–Kier alpha value is -2.34. The predicted octanol–water partition coefficient (Wildman–Crippen LogP) is 2.90. The van der Waals surface area contributed by atoms with Gasteiger partial charge in [-0.15, -0.1) is 0 Å². The Bertz CT molecular complexity index is 785. The monoisotopic (exact) mass is 314 g/mol. The molecule has 3 rings (SSSR count). The highest BCUT2D eigenvalue weighted by molar-refractivity contribution is 7.08. The second kappa shape index (κ2) is 5.81. The molecule has 0 aliphatic rings. The first-order valence-corrected chi connectivity index (χ1v) is 8.03. The zero-order chi connectivity index (χ0) is 15.7. The number of primary amides is 1. The van der Waals surface area contributed by atoms with Gasteiger partial charge in [-0.3, -0.25) is 4.79 Å². The molecule has 0 radical (unpaired) electrons. The van der Waals surface area contributed by atoms with Crippen LogP contribution in [0, 0.1) is 13.8 Å². The smallest absolute Gasteiger partial charge is 0.251 e. The van der Waals surface area contributed by atoms with E-state index in [0.717, 1.165) is 41.2 Å². The molecule has 0 aliphatic carbocycles. The van der Waals surface area contributed by atoms with E-state index in [-0.39, 0.29) is 5.91 Å². The van der Waals surface area contributed by atoms with Crippen molar-refractivity contribution < 1.29 is 4.79 Å². The first-order chi connectivity index (χ1) is 10.6. The number of aromatic nitrogens is 3. The minimum atomic E-state index is -0.373. The van der Waals surface area contributed by atoms with Crippen LogP contribution in [0.2, 0.25) is 0 Å². The molecular formula is C16H18N4OS. The number of hydrogen-bond acceptors (Lipinski definition) is 3. The van der Waals surface area contributed by atoms with Gasteiger partial charge in [-0.2, -0.15) is 11.3 Å². The van der Waals surface area contributed by atoms with Crippen LogP contribution < -0.4 is 5.73 Å². The maximum atomic E-state index is 11.9. The highest BCUT2D eigenvalue weighted by Crippen LogP contribution is 2.33. The molecule has 0 fully saturated rings. The Labute approximate surface area is 132 Å². The summed E-state index contributed by atoms with van der Waals surface area (Å²) in [5, 5.41) is 4.06. The van der Waals surface area contributed by atoms with Crippen molar-refractivity contribution in [3.05, 3.63) is 52.0 Å². The minimum Gasteiger partial charge on any atom is -0.366 e. The summed E-state index contributed by atoms with van der Waals surface area (Å²) < 4.78 is 2.16. The molecule has 3 aromatic heterocycles. The zero-order valence-corrected chi connectivity index (χ0v) is 13.4. The number of aromatic amines is 1. The van der Waals surface area contributed by atoms with Crippen molar-refractivity contribution >= 4 is 17.2 Å². The Balaban J connectivity index is 2.04. The van der Waals surface area contributed by atoms with Crippen LogP contribution in [0.4, 0.5) is 0 Å². The number of nitrogens with one attached hydrogen (secondary N) is 1. The normalized spacial score (nSPS) is 11.0. The molecule has 0 saturated heterocycles. The van der Waals surface area contributed by atoms with E-state index < -0.39 is 0 Å². The molecule has 3 heterocycles. The van der Waals surface area contributed by atoms with Crippen LogP contribution in [0.25, 0.3) is 11.1 Å². The van der Waals surface area contributed by atoms with Gasteiger partial charge in [-0.1, -0.05) is 0 Å². The van der Waals surface area contributed by atoms with Gasteiger partial charge in [-0.25, -0.2) is 4.98 Å². The van der Waals surface area contributed by atoms with E-state index in [1.807, 2.05) is 36.9 Å². The number of rotatable bonds is 5. The van der Waals surface area contributed by atoms with Crippen molar-refractivity contribution in [2.24, 2.45) is 5.73 Å². The van der Waals surface area contributed by atoms with Crippen LogP contribution in [0.3, 0.4) is 0 Å². The summed E-state index contributed by atoms with van der Waals surface area (Å²) in [6.07, 6.45) is 4.33. The molecule has 0 unspecified atom stereocenters. The maximum Gasteiger partial charge on any atom is 0.251 e. The molecule has 0 aromatic carbocycles. The lowest BCUT2D eigenvalue weighted by molar-refractivity contribution is 0.1000. The Morgan fingerprint density at radius 3 is 2.82 bits per heavy atom. The van der Waals surface area contributed by atoms with Gasteiger partial charge >= 0.3 is 0 Å². The minimum absolute atomic E-state index is 0.373. The van der Waals surface area contributed by atoms with Crippen LogP contribution in [0.5, 0.6) is 0 Å². The van der Waals surface area contributed by atoms with Gasteiger partial charge in [0.25, 0.3) is 5.91 Å². The van der Waals surface area contributed by atoms with E-state index in [1.165, 1.54) is 0 Å². The molecule has 5 nitrogen and oxygen atoms in total. The van der Waals surface area contributed by atoms with Gasteiger partial charge < -0.3 is 15.3 Å². The summed E-state index contributed by atoms with van der Waals surface area (Å²) in [7, 11) is 0. The average Bonchev–Trinajstić information content (AvgIpc) is 3.19. The van der Waals surface area contributed by atoms with Gasteiger partial charge in [0.2, 0.25) is 0 Å². The number of H-pyrrole nitrogens is 1. The largest absolute Gasteiger partial charge is 0.366 e. The van der Waals surface area contributed by atoms with E-state index in [4.69, 9.17) is 5.73 Å². The second-order valence-corrected chi connectivity index (χ2v) is 6.06. The summed E-state index contributed by atoms with van der Waals surface area (Å²) in [6, 6.07) is 2.03. The molecular weight excluding hydrogens is 296 g/mol. The molecule has 0 saturated carbocycles. The van der Waals surface area contributed by atoms with E-state index in [0.29, 0.717) is 5.56 Å². The Kier molecular flexibility index (Phi) is 3.85. The molecule has 0 aliphatic heterocycles. The third kappa shape index (κ3) is 2.46. The molecule has 3 N–H and O–H groups in total. The van der Waals surface area contributed by atoms with E-state index in [9.17, 15) is 4.79 Å². The highest BCUT2D eigenvalue weighted by Gasteiger charge is 2.22. The first-order valence-electron chi connectivity index (χ1n) is 7.09. The standard InChI is InChI=1S/C16H18N4OS/c1-10-14(12-4-6-22-8-12)15(16(17)21)11(2)20(10)5-3-13-7-18-9-19-13/h4,6-9H,3,5H2,1-2H3,(H2,17,21)(H,18,19). The van der Waals surface area contributed by atoms with Crippen molar-refractivity contribution in [3.8, 4) is 11.1 Å². The van der Waals surface area contributed by atoms with Crippen molar-refractivity contribution in [3.63, 3.8) is 0 Å². The lowest BCUT2D eigenvalue weighted by atomic mass is 10.0. The summed E-state index contributed by atoms with van der Waals surface area (Å²) in [5.41, 5.74) is 11.3. The van der Waals surface area contributed by atoms with Crippen LogP contribution >= 0.6 is 11.3 Å². The highest BCUT2D eigenvalue weighted by atomic mass is 32.1. The first kappa shape index (κ1) is 14.6. The fraction of sp³-hybridized carbons (Fsp3) is 0.250. The fourth-order valence-corrected chi connectivity index (χ4v) is 3.58. The number of carbonyl (C=O) groups excluding carboxylic acids is 1. The number of nitrogens with zero attached hydrogens (tertiary/aromatic N) is 2. The third-order valence-corrected chi connectivity index (χ3v) is 4.68. The van der Waals surface area contributed by atoms with Crippen LogP contribution in [-0.2, 0) is 13.0 Å². The van der Waals surface area contributed by atoms with Gasteiger partial charge in [0.05, 0.1) is 11.9 Å². The Morgan fingerprint density at radius 2 is 2.23 bits per heavy atom. The number of amides is 1. The van der Waals surface area contributed by atoms with Crippen LogP contribution in [0.1, 0.15) is 27.4 Å². The number of nitrogens with two attached hydrogens (primary N) is 1. The van der Waals surface area contributed by atoms with Gasteiger partial charge in [0, 0.05) is 41.8 Å². The van der Waals surface area contributed by atoms with Crippen molar-refractivity contribution in [2.75, 3.05) is 0 Å². The van der Waals surface area contributed by atoms with Crippen molar-refractivity contribution in [1.29, 1.82) is 0 Å². The van der Waals surface area contributed by atoms with Gasteiger partial charge in [0.15, 0.2) is 0 Å². The number of hydrogen-bond donors (Lipinski definition) is 2. The number of imidazole rings is 1. The summed E-state index contributed by atoms with van der Waals surface area (Å²) in [6.45, 7) is 4.78. The zero-order valence-electron chi connectivity index (χ0n) is 12.6. The molecule has 1 amide bonds. The lowest BCUT2D eigenvalue weighted by Crippen LogP contribution is -2.13. The molecule has 0 spiro atoms. The van der Waals surface area contributed by atoms with E-state index >= 15 is 0 Å². The quantitative estimate of drug-likeness (QED) is 0.759. The summed E-state index contributed by atoms with van der Waals surface area (Å²) >= 11 is 1.62. The van der Waals surface area contributed by atoms with Crippen LogP contribution in [-0.4, -0.2) is 20.4 Å². The predicted molar refractivity (Wildman–Crippen MR) is 88.0 cm³/mol. The van der Waals surface area contributed by atoms with E-state index in [1.54, 1.807) is 17.7 Å². The summed E-state index contributed by atoms with van der Waals surface area (Å²) in [5.74, 6) is -0.373. The molecule has 3 aromatic rings. The topological polar surface area (TPSA) is 76.7 Å². The number of thiophene rings is 1. The van der Waals surface area contributed by atoms with Crippen molar-refractivity contribution in [1.82, 2.24) is 14.5 Å². The lowest BCUT2D eigenvalue weighted by Gasteiger charge is -2.08. The molecule has 22 heavy (non-hydrogen) atoms. The Morgan fingerprint density at radius 1 is 1.41 bits per heavy atom.